The van der Waals surface area contributed by atoms with Gasteiger partial charge in [0.15, 0.2) is 23.0 Å². The maximum absolute atomic E-state index is 11.2. The van der Waals surface area contributed by atoms with E-state index >= 15 is 0 Å². The summed E-state index contributed by atoms with van der Waals surface area (Å²) in [4.78, 5) is 11.2. The number of phenolic OH excluding ortho intramolecular Hbond substituents is 3. The fourth-order valence-electron chi connectivity index (χ4n) is 3.35. The van der Waals surface area contributed by atoms with E-state index in [0.29, 0.717) is 28.0 Å². The van der Waals surface area contributed by atoms with Crippen LogP contribution in [-0.4, -0.2) is 55.1 Å². The lowest BCUT2D eigenvalue weighted by atomic mass is 9.96. The molecular weight excluding hydrogens is 456 g/mol. The highest BCUT2D eigenvalue weighted by molar-refractivity contribution is 5.88. The molecule has 4 N–H and O–H groups in total. The Kier molecular flexibility index (Phi) is 8.23. The number of nitrogens with one attached hydrogen (secondary N) is 1. The normalized spacial score (nSPS) is 10.7. The van der Waals surface area contributed by atoms with Crippen molar-refractivity contribution in [1.82, 2.24) is 5.43 Å². The van der Waals surface area contributed by atoms with Crippen molar-refractivity contribution in [3.05, 3.63) is 48.5 Å². The lowest BCUT2D eigenvalue weighted by Gasteiger charge is -2.18. The van der Waals surface area contributed by atoms with Crippen LogP contribution in [0.3, 0.4) is 0 Å². The van der Waals surface area contributed by atoms with Gasteiger partial charge in [0.05, 0.1) is 32.6 Å². The van der Waals surface area contributed by atoms with Crippen molar-refractivity contribution in [2.45, 2.75) is 6.92 Å². The molecule has 0 aliphatic carbocycles. The topological polar surface area (TPSA) is 139 Å². The molecule has 10 heteroatoms. The third kappa shape index (κ3) is 5.85. The molecule has 0 aliphatic heterocycles. The van der Waals surface area contributed by atoms with E-state index in [1.165, 1.54) is 44.7 Å². The number of ether oxygens (including phenoxy) is 4. The number of methoxy groups -OCH3 is 2. The predicted molar refractivity (Wildman–Crippen MR) is 130 cm³/mol. The van der Waals surface area contributed by atoms with E-state index in [1.807, 2.05) is 0 Å². The maximum atomic E-state index is 11.2. The number of nitrogens with zero attached hydrogens (tertiary/aromatic N) is 1. The molecule has 0 fully saturated rings. The number of rotatable bonds is 9. The Morgan fingerprint density at radius 1 is 0.971 bits per heavy atom. The first-order valence-corrected chi connectivity index (χ1v) is 10.6. The highest BCUT2D eigenvalue weighted by Crippen LogP contribution is 2.50. The van der Waals surface area contributed by atoms with Gasteiger partial charge in [-0.05, 0) is 48.4 Å². The minimum absolute atomic E-state index is 0.0248. The van der Waals surface area contributed by atoms with Crippen molar-refractivity contribution in [3.63, 3.8) is 0 Å². The van der Waals surface area contributed by atoms with Gasteiger partial charge in [0.2, 0.25) is 0 Å². The molecule has 0 bridgehead atoms. The molecule has 0 spiro atoms. The molecule has 0 unspecified atom stereocenters. The number of amides is 1. The van der Waals surface area contributed by atoms with Gasteiger partial charge in [0, 0.05) is 5.56 Å². The third-order valence-corrected chi connectivity index (χ3v) is 4.90. The van der Waals surface area contributed by atoms with E-state index in [9.17, 15) is 20.1 Å². The van der Waals surface area contributed by atoms with Crippen LogP contribution < -0.4 is 19.6 Å². The van der Waals surface area contributed by atoms with Gasteiger partial charge >= 0.3 is 6.09 Å². The van der Waals surface area contributed by atoms with Gasteiger partial charge < -0.3 is 34.3 Å². The number of carbonyl (C=O) groups is 1. The van der Waals surface area contributed by atoms with Crippen LogP contribution in [-0.2, 0) is 4.74 Å². The number of hydrazone groups is 1. The fraction of sp³-hybridized carbons (Fsp3) is 0.200. The average Bonchev–Trinajstić information content (AvgIpc) is 2.84. The molecule has 3 aromatic carbocycles. The molecule has 1 amide bonds. The summed E-state index contributed by atoms with van der Waals surface area (Å²) in [6, 6.07) is 12.7. The molecule has 0 atom stereocenters. The molecule has 0 saturated heterocycles. The van der Waals surface area contributed by atoms with Gasteiger partial charge in [0.1, 0.15) is 18.1 Å². The van der Waals surface area contributed by atoms with Crippen LogP contribution in [0.1, 0.15) is 6.92 Å². The van der Waals surface area contributed by atoms with Crippen LogP contribution >= 0.6 is 0 Å². The van der Waals surface area contributed by atoms with E-state index < -0.39 is 6.09 Å². The van der Waals surface area contributed by atoms with E-state index in [1.54, 1.807) is 31.2 Å². The number of phenols is 3. The Morgan fingerprint density at radius 2 is 1.69 bits per heavy atom. The second-order valence-corrected chi connectivity index (χ2v) is 7.07. The Labute approximate surface area is 202 Å². The largest absolute Gasteiger partial charge is 0.508 e. The molecule has 184 valence electrons. The van der Waals surface area contributed by atoms with Crippen molar-refractivity contribution >= 4 is 12.3 Å². The van der Waals surface area contributed by atoms with Crippen LogP contribution in [0.5, 0.6) is 34.5 Å². The van der Waals surface area contributed by atoms with Gasteiger partial charge in [-0.3, -0.25) is 0 Å². The summed E-state index contributed by atoms with van der Waals surface area (Å²) in [5, 5.41) is 34.8. The summed E-state index contributed by atoms with van der Waals surface area (Å²) < 4.78 is 21.1. The van der Waals surface area contributed by atoms with Crippen LogP contribution in [0.15, 0.2) is 53.6 Å². The van der Waals surface area contributed by atoms with Crippen LogP contribution in [0, 0.1) is 0 Å². The Hall–Kier alpha value is -4.60. The van der Waals surface area contributed by atoms with Crippen LogP contribution in [0.4, 0.5) is 4.79 Å². The standard InChI is InChI=1S/C25H26N2O8/c1-4-34-25(31)27-26-11-12-35-20-10-7-16(13-19(20)29)22-21(32-2)14-18(24(33-3)23(22)30)15-5-8-17(28)9-6-15/h5-11,13-14,28-30H,4,12H2,1-3H3,(H,27,31)/b26-11+. The minimum atomic E-state index is -0.684. The van der Waals surface area contributed by atoms with Gasteiger partial charge in [-0.2, -0.15) is 5.10 Å². The summed E-state index contributed by atoms with van der Waals surface area (Å²) in [6.45, 7) is 1.88. The monoisotopic (exact) mass is 482 g/mol. The Balaban J connectivity index is 1.87. The molecule has 0 heterocycles. The molecular formula is C25H26N2O8. The predicted octanol–water partition coefficient (Wildman–Crippen LogP) is 4.27. The second kappa shape index (κ2) is 11.5. The Bertz CT molecular complexity index is 1210. The lowest BCUT2D eigenvalue weighted by molar-refractivity contribution is 0.152. The first-order chi connectivity index (χ1) is 16.9. The first kappa shape index (κ1) is 25.0. The van der Waals surface area contributed by atoms with Crippen molar-refractivity contribution < 1.29 is 39.1 Å². The summed E-state index contributed by atoms with van der Waals surface area (Å²) in [7, 11) is 2.90. The number of hydrogen-bond donors (Lipinski definition) is 4. The highest BCUT2D eigenvalue weighted by Gasteiger charge is 2.22. The van der Waals surface area contributed by atoms with Gasteiger partial charge in [-0.15, -0.1) is 0 Å². The zero-order valence-electron chi connectivity index (χ0n) is 19.4. The first-order valence-electron chi connectivity index (χ1n) is 10.6. The van der Waals surface area contributed by atoms with E-state index in [2.05, 4.69) is 15.3 Å². The molecule has 0 aromatic heterocycles. The van der Waals surface area contributed by atoms with E-state index in [-0.39, 0.29) is 42.0 Å². The molecule has 35 heavy (non-hydrogen) atoms. The Morgan fingerprint density at radius 3 is 2.31 bits per heavy atom. The van der Waals surface area contributed by atoms with Crippen molar-refractivity contribution in [1.29, 1.82) is 0 Å². The molecule has 0 saturated carbocycles. The third-order valence-electron chi connectivity index (χ3n) is 4.90. The fourth-order valence-corrected chi connectivity index (χ4v) is 3.35. The van der Waals surface area contributed by atoms with Crippen molar-refractivity contribution in [2.24, 2.45) is 5.10 Å². The van der Waals surface area contributed by atoms with Gasteiger partial charge in [-0.25, -0.2) is 10.2 Å². The van der Waals surface area contributed by atoms with Gasteiger partial charge in [-0.1, -0.05) is 18.2 Å². The molecule has 0 radical (unpaired) electrons. The number of benzene rings is 3. The molecule has 3 rings (SSSR count). The van der Waals surface area contributed by atoms with Crippen LogP contribution in [0.2, 0.25) is 0 Å². The smallest absolute Gasteiger partial charge is 0.427 e. The zero-order valence-corrected chi connectivity index (χ0v) is 19.4. The highest BCUT2D eigenvalue weighted by atomic mass is 16.6. The van der Waals surface area contributed by atoms with E-state index in [4.69, 9.17) is 14.2 Å². The number of hydrogen-bond acceptors (Lipinski definition) is 9. The van der Waals surface area contributed by atoms with E-state index in [0.717, 1.165) is 0 Å². The number of aromatic hydroxyl groups is 3. The SMILES string of the molecule is CCOC(=O)N/N=C/COc1ccc(-c2c(OC)cc(-c3ccc(O)cc3)c(OC)c2O)cc1O. The summed E-state index contributed by atoms with van der Waals surface area (Å²) in [6.07, 6.45) is 0.614. The minimum Gasteiger partial charge on any atom is -0.508 e. The van der Waals surface area contributed by atoms with Gasteiger partial charge in [0.25, 0.3) is 0 Å². The number of carbonyl (C=O) groups excluding carboxylic acids is 1. The molecule has 3 aromatic rings. The summed E-state index contributed by atoms with van der Waals surface area (Å²) in [5.74, 6) is 0.466. The second-order valence-electron chi connectivity index (χ2n) is 7.07. The maximum Gasteiger partial charge on any atom is 0.427 e. The lowest BCUT2D eigenvalue weighted by Crippen LogP contribution is -2.19. The molecule has 0 aliphatic rings. The quantitative estimate of drug-likeness (QED) is 0.262. The summed E-state index contributed by atoms with van der Waals surface area (Å²) >= 11 is 0. The van der Waals surface area contributed by atoms with Crippen LogP contribution in [0.25, 0.3) is 22.3 Å². The molecule has 10 nitrogen and oxygen atoms in total. The van der Waals surface area contributed by atoms with Crippen molar-refractivity contribution in [2.75, 3.05) is 27.4 Å². The zero-order chi connectivity index (χ0) is 25.4. The van der Waals surface area contributed by atoms with Crippen molar-refractivity contribution in [3.8, 4) is 56.8 Å². The summed E-state index contributed by atoms with van der Waals surface area (Å²) in [5.41, 5.74) is 4.19. The average molecular weight is 482 g/mol.